The number of nitrogens with zero attached hydrogens (tertiary/aromatic N) is 3. The highest BCUT2D eigenvalue weighted by molar-refractivity contribution is 6.43. The number of hydrogen-bond donors (Lipinski definition) is 2. The lowest BCUT2D eigenvalue weighted by Gasteiger charge is -2.11. The molecule has 0 aliphatic rings. The quantitative estimate of drug-likeness (QED) is 0.614. The molecule has 8 heteroatoms. The molecule has 1 aromatic heterocycles. The van der Waals surface area contributed by atoms with Crippen LogP contribution >= 0.6 is 34.8 Å². The predicted octanol–water partition coefficient (Wildman–Crippen LogP) is 5.63. The smallest absolute Gasteiger partial charge is 0.249 e. The molecule has 3 rings (SSSR count). The van der Waals surface area contributed by atoms with Gasteiger partial charge in [-0.1, -0.05) is 40.9 Å². The highest BCUT2D eigenvalue weighted by Gasteiger charge is 2.08. The molecular weight excluding hydrogens is 369 g/mol. The third-order valence-corrected chi connectivity index (χ3v) is 4.26. The van der Waals surface area contributed by atoms with Gasteiger partial charge in [-0.05, 0) is 42.8 Å². The van der Waals surface area contributed by atoms with Gasteiger partial charge in [-0.2, -0.15) is 10.1 Å². The number of anilines is 4. The molecule has 0 bridgehead atoms. The molecule has 0 unspecified atom stereocenters. The standard InChI is InChI=1S/C16H12Cl3N5/c1-9-7-10(17)5-6-12(9)21-14-8-20-24-16(23-14)22-13-4-2-3-11(18)15(13)19/h2-8H,1H3,(H2,21,22,23,24). The molecule has 0 saturated carbocycles. The number of benzene rings is 2. The molecule has 0 radical (unpaired) electrons. The molecule has 0 aliphatic carbocycles. The summed E-state index contributed by atoms with van der Waals surface area (Å²) in [5.41, 5.74) is 2.48. The lowest BCUT2D eigenvalue weighted by molar-refractivity contribution is 0.982. The number of rotatable bonds is 4. The van der Waals surface area contributed by atoms with Gasteiger partial charge in [0, 0.05) is 10.7 Å². The zero-order valence-corrected chi connectivity index (χ0v) is 14.8. The summed E-state index contributed by atoms with van der Waals surface area (Å²) in [5.74, 6) is 0.840. The van der Waals surface area contributed by atoms with Crippen molar-refractivity contribution in [3.63, 3.8) is 0 Å². The Balaban J connectivity index is 1.82. The second kappa shape index (κ2) is 7.21. The normalized spacial score (nSPS) is 10.5. The largest absolute Gasteiger partial charge is 0.339 e. The van der Waals surface area contributed by atoms with Crippen LogP contribution in [0.5, 0.6) is 0 Å². The summed E-state index contributed by atoms with van der Waals surface area (Å²) in [6.07, 6.45) is 1.53. The van der Waals surface area contributed by atoms with Crippen LogP contribution in [0.3, 0.4) is 0 Å². The number of nitrogens with one attached hydrogen (secondary N) is 2. The maximum atomic E-state index is 6.15. The zero-order valence-electron chi connectivity index (χ0n) is 12.5. The molecule has 5 nitrogen and oxygen atoms in total. The van der Waals surface area contributed by atoms with Gasteiger partial charge >= 0.3 is 0 Å². The van der Waals surface area contributed by atoms with Crippen LogP contribution in [0.15, 0.2) is 42.6 Å². The van der Waals surface area contributed by atoms with E-state index in [1.54, 1.807) is 24.3 Å². The molecule has 2 N–H and O–H groups in total. The van der Waals surface area contributed by atoms with Crippen molar-refractivity contribution in [2.24, 2.45) is 0 Å². The van der Waals surface area contributed by atoms with Gasteiger partial charge in [-0.25, -0.2) is 0 Å². The third kappa shape index (κ3) is 3.87. The van der Waals surface area contributed by atoms with E-state index in [4.69, 9.17) is 34.8 Å². The molecule has 0 aliphatic heterocycles. The van der Waals surface area contributed by atoms with Gasteiger partial charge in [0.05, 0.1) is 21.9 Å². The summed E-state index contributed by atoms with van der Waals surface area (Å²) in [6, 6.07) is 10.8. The molecule has 1 heterocycles. The SMILES string of the molecule is Cc1cc(Cl)ccc1Nc1cnnc(Nc2cccc(Cl)c2Cl)n1. The highest BCUT2D eigenvalue weighted by Crippen LogP contribution is 2.31. The van der Waals surface area contributed by atoms with Crippen molar-refractivity contribution in [1.29, 1.82) is 0 Å². The maximum absolute atomic E-state index is 6.15. The molecule has 0 saturated heterocycles. The van der Waals surface area contributed by atoms with E-state index >= 15 is 0 Å². The molecule has 0 amide bonds. The van der Waals surface area contributed by atoms with Crippen LogP contribution in [0.25, 0.3) is 0 Å². The van der Waals surface area contributed by atoms with Crippen molar-refractivity contribution in [3.05, 3.63) is 63.2 Å². The van der Waals surface area contributed by atoms with Crippen molar-refractivity contribution in [3.8, 4) is 0 Å². The van der Waals surface area contributed by atoms with E-state index in [2.05, 4.69) is 25.8 Å². The number of aryl methyl sites for hydroxylation is 1. The lowest BCUT2D eigenvalue weighted by Crippen LogP contribution is -2.03. The van der Waals surface area contributed by atoms with E-state index in [-0.39, 0.29) is 0 Å². The van der Waals surface area contributed by atoms with Gasteiger partial charge in [0.25, 0.3) is 0 Å². The van der Waals surface area contributed by atoms with Crippen LogP contribution in [0.1, 0.15) is 5.56 Å². The molecule has 0 atom stereocenters. The Bertz CT molecular complexity index is 885. The van der Waals surface area contributed by atoms with Crippen molar-refractivity contribution in [1.82, 2.24) is 15.2 Å². The van der Waals surface area contributed by atoms with E-state index in [1.165, 1.54) is 6.20 Å². The van der Waals surface area contributed by atoms with Gasteiger partial charge < -0.3 is 10.6 Å². The lowest BCUT2D eigenvalue weighted by atomic mass is 10.2. The third-order valence-electron chi connectivity index (χ3n) is 3.21. The van der Waals surface area contributed by atoms with E-state index in [1.807, 2.05) is 19.1 Å². The Kier molecular flexibility index (Phi) is 5.04. The number of hydrogen-bond acceptors (Lipinski definition) is 5. The van der Waals surface area contributed by atoms with Crippen LogP contribution in [-0.2, 0) is 0 Å². The first-order valence-electron chi connectivity index (χ1n) is 6.97. The Hall–Kier alpha value is -2.08. The fraction of sp³-hybridized carbons (Fsp3) is 0.0625. The van der Waals surface area contributed by atoms with Crippen molar-refractivity contribution >= 4 is 57.9 Å². The number of aromatic nitrogens is 3. The van der Waals surface area contributed by atoms with Gasteiger partial charge in [-0.3, -0.25) is 0 Å². The predicted molar refractivity (Wildman–Crippen MR) is 99.0 cm³/mol. The van der Waals surface area contributed by atoms with E-state index in [9.17, 15) is 0 Å². The summed E-state index contributed by atoms with van der Waals surface area (Å²) in [7, 11) is 0. The molecule has 0 fully saturated rings. The van der Waals surface area contributed by atoms with E-state index in [0.29, 0.717) is 32.5 Å². The van der Waals surface area contributed by atoms with Gasteiger partial charge in [0.2, 0.25) is 5.95 Å². The molecule has 3 aromatic rings. The highest BCUT2D eigenvalue weighted by atomic mass is 35.5. The van der Waals surface area contributed by atoms with E-state index < -0.39 is 0 Å². The summed E-state index contributed by atoms with van der Waals surface area (Å²) >= 11 is 18.1. The summed E-state index contributed by atoms with van der Waals surface area (Å²) in [4.78, 5) is 4.37. The minimum Gasteiger partial charge on any atom is -0.339 e. The van der Waals surface area contributed by atoms with Gasteiger partial charge in [0.15, 0.2) is 5.82 Å². The summed E-state index contributed by atoms with van der Waals surface area (Å²) < 4.78 is 0. The minimum absolute atomic E-state index is 0.302. The fourth-order valence-corrected chi connectivity index (χ4v) is 2.62. The maximum Gasteiger partial charge on any atom is 0.249 e. The van der Waals surface area contributed by atoms with Crippen LogP contribution in [0.2, 0.25) is 15.1 Å². The monoisotopic (exact) mass is 379 g/mol. The Morgan fingerprint density at radius 2 is 1.79 bits per heavy atom. The van der Waals surface area contributed by atoms with Gasteiger partial charge in [0.1, 0.15) is 0 Å². The topological polar surface area (TPSA) is 62.7 Å². The minimum atomic E-state index is 0.302. The average Bonchev–Trinajstić information content (AvgIpc) is 2.55. The molecule has 122 valence electrons. The summed E-state index contributed by atoms with van der Waals surface area (Å²) in [5, 5.41) is 15.6. The molecule has 24 heavy (non-hydrogen) atoms. The van der Waals surface area contributed by atoms with E-state index in [0.717, 1.165) is 11.3 Å². The Morgan fingerprint density at radius 1 is 0.958 bits per heavy atom. The van der Waals surface area contributed by atoms with Crippen LogP contribution in [-0.4, -0.2) is 15.2 Å². The second-order valence-electron chi connectivity index (χ2n) is 4.98. The second-order valence-corrected chi connectivity index (χ2v) is 6.20. The first kappa shape index (κ1) is 16.8. The molecule has 2 aromatic carbocycles. The molecular formula is C16H12Cl3N5. The van der Waals surface area contributed by atoms with Crippen molar-refractivity contribution in [2.75, 3.05) is 10.6 Å². The van der Waals surface area contributed by atoms with Crippen molar-refractivity contribution < 1.29 is 0 Å². The Morgan fingerprint density at radius 3 is 2.58 bits per heavy atom. The molecule has 0 spiro atoms. The average molecular weight is 381 g/mol. The van der Waals surface area contributed by atoms with Crippen LogP contribution < -0.4 is 10.6 Å². The van der Waals surface area contributed by atoms with Crippen LogP contribution in [0.4, 0.5) is 23.1 Å². The van der Waals surface area contributed by atoms with Gasteiger partial charge in [-0.15, -0.1) is 5.10 Å². The fourth-order valence-electron chi connectivity index (χ4n) is 2.04. The zero-order chi connectivity index (χ0) is 17.1. The van der Waals surface area contributed by atoms with Crippen molar-refractivity contribution in [2.45, 2.75) is 6.92 Å². The Labute approximate surface area is 154 Å². The number of halogens is 3. The first-order valence-corrected chi connectivity index (χ1v) is 8.10. The summed E-state index contributed by atoms with van der Waals surface area (Å²) in [6.45, 7) is 1.95. The first-order chi connectivity index (χ1) is 11.5. The van der Waals surface area contributed by atoms with Crippen LogP contribution in [0, 0.1) is 6.92 Å².